The number of methoxy groups -OCH3 is 1. The van der Waals surface area contributed by atoms with Crippen LogP contribution in [-0.2, 0) is 11.3 Å². The molecule has 3 rings (SSSR count). The number of aryl methyl sites for hydroxylation is 1. The van der Waals surface area contributed by atoms with Gasteiger partial charge in [-0.25, -0.2) is 0 Å². The maximum Gasteiger partial charge on any atom is 0.251 e. The fourth-order valence-electron chi connectivity index (χ4n) is 2.16. The van der Waals surface area contributed by atoms with Crippen LogP contribution >= 0.6 is 11.3 Å². The molecule has 1 aromatic heterocycles. The first-order valence-corrected chi connectivity index (χ1v) is 7.31. The van der Waals surface area contributed by atoms with Gasteiger partial charge in [-0.2, -0.15) is 4.99 Å². The number of carbonyl (C=O) groups excluding carboxylic acids is 1. The lowest BCUT2D eigenvalue weighted by Crippen LogP contribution is -2.16. The Morgan fingerprint density at radius 1 is 1.53 bits per heavy atom. The summed E-state index contributed by atoms with van der Waals surface area (Å²) in [6.45, 7) is 2.83. The average Bonchev–Trinajstić information content (AvgIpc) is 3.20. The Morgan fingerprint density at radius 2 is 2.32 bits per heavy atom. The predicted octanol–water partition coefficient (Wildman–Crippen LogP) is 2.57. The van der Waals surface area contributed by atoms with E-state index in [0.29, 0.717) is 0 Å². The molecule has 1 aromatic carbocycles. The number of amides is 1. The molecule has 0 N–H and O–H groups in total. The van der Waals surface area contributed by atoms with Crippen molar-refractivity contribution in [2.45, 2.75) is 26.3 Å². The molecule has 0 radical (unpaired) electrons. The van der Waals surface area contributed by atoms with E-state index < -0.39 is 0 Å². The van der Waals surface area contributed by atoms with E-state index in [4.69, 9.17) is 4.74 Å². The van der Waals surface area contributed by atoms with Crippen molar-refractivity contribution in [3.8, 4) is 5.75 Å². The van der Waals surface area contributed by atoms with E-state index in [-0.39, 0.29) is 11.8 Å². The summed E-state index contributed by atoms with van der Waals surface area (Å²) >= 11 is 1.55. The van der Waals surface area contributed by atoms with E-state index >= 15 is 0 Å². The number of para-hydroxylation sites is 1. The van der Waals surface area contributed by atoms with Gasteiger partial charge in [0, 0.05) is 12.5 Å². The highest BCUT2D eigenvalue weighted by atomic mass is 32.1. The molecule has 1 fully saturated rings. The van der Waals surface area contributed by atoms with Gasteiger partial charge in [-0.15, -0.1) is 0 Å². The molecule has 100 valence electrons. The second kappa shape index (κ2) is 4.81. The standard InChI is InChI=1S/C14H16N2O2S/c1-3-16-12-10(18-2)5-4-6-11(12)19-14(16)15-13(17)9-7-8-9/h4-6,9H,3,7-8H2,1-2H3. The van der Waals surface area contributed by atoms with Gasteiger partial charge < -0.3 is 9.30 Å². The summed E-state index contributed by atoms with van der Waals surface area (Å²) < 4.78 is 8.56. The lowest BCUT2D eigenvalue weighted by Gasteiger charge is -2.05. The zero-order valence-corrected chi connectivity index (χ0v) is 11.9. The Hall–Kier alpha value is -1.62. The van der Waals surface area contributed by atoms with Crippen LogP contribution in [0.2, 0.25) is 0 Å². The van der Waals surface area contributed by atoms with Crippen LogP contribution in [0.25, 0.3) is 10.2 Å². The van der Waals surface area contributed by atoms with Crippen LogP contribution in [0.1, 0.15) is 19.8 Å². The number of ether oxygens (including phenoxy) is 1. The fraction of sp³-hybridized carbons (Fsp3) is 0.429. The first-order valence-electron chi connectivity index (χ1n) is 6.49. The van der Waals surface area contributed by atoms with Gasteiger partial charge in [0.15, 0.2) is 4.80 Å². The molecule has 0 atom stereocenters. The summed E-state index contributed by atoms with van der Waals surface area (Å²) in [6, 6.07) is 5.94. The number of fused-ring (bicyclic) bond motifs is 1. The first-order chi connectivity index (χ1) is 9.24. The van der Waals surface area contributed by atoms with Crippen LogP contribution in [0.3, 0.4) is 0 Å². The number of nitrogens with zero attached hydrogens (tertiary/aromatic N) is 2. The molecule has 0 saturated heterocycles. The second-order valence-electron chi connectivity index (χ2n) is 4.66. The molecule has 1 aliphatic rings. The Bertz CT molecular complexity index is 695. The van der Waals surface area contributed by atoms with E-state index in [1.165, 1.54) is 0 Å². The fourth-order valence-corrected chi connectivity index (χ4v) is 3.27. The normalized spacial score (nSPS) is 16.0. The molecule has 0 aliphatic heterocycles. The molecule has 1 amide bonds. The zero-order valence-electron chi connectivity index (χ0n) is 11.0. The van der Waals surface area contributed by atoms with Crippen LogP contribution in [0, 0.1) is 5.92 Å². The van der Waals surface area contributed by atoms with Crippen molar-refractivity contribution < 1.29 is 9.53 Å². The van der Waals surface area contributed by atoms with Gasteiger partial charge in [-0.1, -0.05) is 17.4 Å². The molecule has 19 heavy (non-hydrogen) atoms. The highest BCUT2D eigenvalue weighted by Crippen LogP contribution is 2.30. The predicted molar refractivity (Wildman–Crippen MR) is 75.3 cm³/mol. The number of benzene rings is 1. The van der Waals surface area contributed by atoms with Gasteiger partial charge in [0.1, 0.15) is 11.3 Å². The number of hydrogen-bond donors (Lipinski definition) is 0. The van der Waals surface area contributed by atoms with E-state index in [0.717, 1.165) is 40.2 Å². The van der Waals surface area contributed by atoms with Gasteiger partial charge in [0.25, 0.3) is 5.91 Å². The largest absolute Gasteiger partial charge is 0.495 e. The third-order valence-corrected chi connectivity index (χ3v) is 4.38. The van der Waals surface area contributed by atoms with E-state index in [2.05, 4.69) is 16.5 Å². The van der Waals surface area contributed by atoms with Gasteiger partial charge in [-0.3, -0.25) is 4.79 Å². The minimum atomic E-state index is 0.0210. The van der Waals surface area contributed by atoms with Crippen LogP contribution in [0.15, 0.2) is 23.2 Å². The summed E-state index contributed by atoms with van der Waals surface area (Å²) in [4.78, 5) is 16.9. The quantitative estimate of drug-likeness (QED) is 0.864. The Kier molecular flexibility index (Phi) is 3.14. The van der Waals surface area contributed by atoms with Crippen LogP contribution in [0.5, 0.6) is 5.75 Å². The number of rotatable bonds is 3. The van der Waals surface area contributed by atoms with E-state index in [1.807, 2.05) is 18.2 Å². The van der Waals surface area contributed by atoms with Crippen molar-refractivity contribution in [3.05, 3.63) is 23.0 Å². The van der Waals surface area contributed by atoms with Crippen LogP contribution < -0.4 is 9.54 Å². The molecule has 1 heterocycles. The summed E-state index contributed by atoms with van der Waals surface area (Å²) in [5, 5.41) is 0. The smallest absolute Gasteiger partial charge is 0.251 e. The molecule has 2 aromatic rings. The lowest BCUT2D eigenvalue weighted by molar-refractivity contribution is -0.119. The summed E-state index contributed by atoms with van der Waals surface area (Å²) in [6.07, 6.45) is 1.98. The first kappa shape index (κ1) is 12.4. The molecular weight excluding hydrogens is 260 g/mol. The van der Waals surface area contributed by atoms with Crippen molar-refractivity contribution in [2.24, 2.45) is 10.9 Å². The third-order valence-electron chi connectivity index (χ3n) is 3.33. The van der Waals surface area contributed by atoms with Crippen molar-refractivity contribution in [3.63, 3.8) is 0 Å². The summed E-state index contributed by atoms with van der Waals surface area (Å²) in [5.74, 6) is 1.01. The number of aromatic nitrogens is 1. The molecule has 0 bridgehead atoms. The van der Waals surface area contributed by atoms with Crippen molar-refractivity contribution in [1.82, 2.24) is 4.57 Å². The zero-order chi connectivity index (χ0) is 13.4. The molecule has 0 unspecified atom stereocenters. The molecule has 5 heteroatoms. The second-order valence-corrected chi connectivity index (χ2v) is 5.67. The third kappa shape index (κ3) is 2.18. The molecule has 1 aliphatic carbocycles. The topological polar surface area (TPSA) is 43.6 Å². The van der Waals surface area contributed by atoms with Gasteiger partial charge in [0.2, 0.25) is 0 Å². The van der Waals surface area contributed by atoms with Crippen molar-refractivity contribution in [1.29, 1.82) is 0 Å². The monoisotopic (exact) mass is 276 g/mol. The van der Waals surface area contributed by atoms with Crippen LogP contribution in [-0.4, -0.2) is 17.6 Å². The average molecular weight is 276 g/mol. The highest BCUT2D eigenvalue weighted by Gasteiger charge is 2.29. The van der Waals surface area contributed by atoms with Gasteiger partial charge in [0.05, 0.1) is 11.8 Å². The van der Waals surface area contributed by atoms with Crippen LogP contribution in [0.4, 0.5) is 0 Å². The number of hydrogen-bond acceptors (Lipinski definition) is 3. The lowest BCUT2D eigenvalue weighted by atomic mass is 10.3. The maximum atomic E-state index is 11.9. The highest BCUT2D eigenvalue weighted by molar-refractivity contribution is 7.16. The Balaban J connectivity index is 2.22. The van der Waals surface area contributed by atoms with Gasteiger partial charge in [-0.05, 0) is 31.9 Å². The minimum Gasteiger partial charge on any atom is -0.495 e. The molecule has 1 saturated carbocycles. The van der Waals surface area contributed by atoms with Gasteiger partial charge >= 0.3 is 0 Å². The number of carbonyl (C=O) groups is 1. The van der Waals surface area contributed by atoms with E-state index in [1.54, 1.807) is 18.4 Å². The summed E-state index contributed by atoms with van der Waals surface area (Å²) in [5.41, 5.74) is 1.03. The molecule has 0 spiro atoms. The summed E-state index contributed by atoms with van der Waals surface area (Å²) in [7, 11) is 1.67. The molecular formula is C14H16N2O2S. The SMILES string of the molecule is CCn1c(=NC(=O)C2CC2)sc2cccc(OC)c21. The van der Waals surface area contributed by atoms with E-state index in [9.17, 15) is 4.79 Å². The molecule has 4 nitrogen and oxygen atoms in total. The Morgan fingerprint density at radius 3 is 2.95 bits per heavy atom. The number of thiazole rings is 1. The maximum absolute atomic E-state index is 11.9. The van der Waals surface area contributed by atoms with Crippen molar-refractivity contribution in [2.75, 3.05) is 7.11 Å². The van der Waals surface area contributed by atoms with Crippen molar-refractivity contribution >= 4 is 27.5 Å². The minimum absolute atomic E-state index is 0.0210. The Labute approximate surface area is 115 Å².